The molecule has 0 aliphatic heterocycles. The molecule has 0 radical (unpaired) electrons. The molecular weight excluding hydrogens is 322 g/mol. The second-order valence-electron chi connectivity index (χ2n) is 7.26. The van der Waals surface area contributed by atoms with Gasteiger partial charge in [0.1, 0.15) is 0 Å². The smallest absolute Gasteiger partial charge is 0.240 e. The number of benzene rings is 1. The lowest BCUT2D eigenvalue weighted by Gasteiger charge is -2.35. The van der Waals surface area contributed by atoms with Crippen molar-refractivity contribution in [2.75, 3.05) is 0 Å². The number of aryl methyl sites for hydroxylation is 1. The highest BCUT2D eigenvalue weighted by Crippen LogP contribution is 2.28. The summed E-state index contributed by atoms with van der Waals surface area (Å²) in [6.07, 6.45) is 10.3. The van der Waals surface area contributed by atoms with E-state index >= 15 is 0 Å². The zero-order chi connectivity index (χ0) is 17.0. The highest BCUT2D eigenvalue weighted by molar-refractivity contribution is 7.89. The molecule has 134 valence electrons. The lowest BCUT2D eigenvalue weighted by molar-refractivity contribution is -0.0565. The minimum absolute atomic E-state index is 0.0158. The number of hydrogen-bond donors (Lipinski definition) is 1. The van der Waals surface area contributed by atoms with Crippen LogP contribution in [0.3, 0.4) is 0 Å². The van der Waals surface area contributed by atoms with E-state index in [1.165, 1.54) is 19.3 Å². The fourth-order valence-corrected chi connectivity index (χ4v) is 5.13. The highest BCUT2D eigenvalue weighted by atomic mass is 32.2. The van der Waals surface area contributed by atoms with Crippen LogP contribution in [0, 0.1) is 6.92 Å². The van der Waals surface area contributed by atoms with Gasteiger partial charge < -0.3 is 4.74 Å². The summed E-state index contributed by atoms with van der Waals surface area (Å²) in [6, 6.07) is 6.93. The maximum Gasteiger partial charge on any atom is 0.240 e. The summed E-state index contributed by atoms with van der Waals surface area (Å²) in [5.41, 5.74) is 1.06. The largest absolute Gasteiger partial charge is 0.373 e. The van der Waals surface area contributed by atoms with E-state index in [-0.39, 0.29) is 12.1 Å². The molecule has 0 bridgehead atoms. The first-order valence-electron chi connectivity index (χ1n) is 9.29. The minimum atomic E-state index is -3.48. The molecule has 1 aromatic rings. The summed E-state index contributed by atoms with van der Waals surface area (Å²) in [5.74, 6) is 0. The Labute approximate surface area is 146 Å². The minimum Gasteiger partial charge on any atom is -0.373 e. The van der Waals surface area contributed by atoms with Gasteiger partial charge in [-0.15, -0.1) is 0 Å². The topological polar surface area (TPSA) is 55.4 Å². The third-order valence-electron chi connectivity index (χ3n) is 5.26. The second kappa shape index (κ2) is 7.98. The van der Waals surface area contributed by atoms with Gasteiger partial charge in [0.25, 0.3) is 0 Å². The van der Waals surface area contributed by atoms with E-state index in [4.69, 9.17) is 4.74 Å². The first kappa shape index (κ1) is 17.9. The standard InChI is InChI=1S/C19H29NO3S/c1-15-11-13-17(14-12-15)24(21,22)20-18-9-5-6-10-19(18)23-16-7-3-2-4-8-16/h11-14,16,18-20H,2-10H2,1H3/t18-,19-/m0/s1. The molecule has 1 aromatic carbocycles. The van der Waals surface area contributed by atoms with Crippen LogP contribution in [0.15, 0.2) is 29.2 Å². The van der Waals surface area contributed by atoms with Gasteiger partial charge in [0.2, 0.25) is 10.0 Å². The molecule has 4 nitrogen and oxygen atoms in total. The quantitative estimate of drug-likeness (QED) is 0.874. The average molecular weight is 352 g/mol. The van der Waals surface area contributed by atoms with Crippen molar-refractivity contribution >= 4 is 10.0 Å². The molecule has 0 aromatic heterocycles. The van der Waals surface area contributed by atoms with Crippen LogP contribution in [-0.2, 0) is 14.8 Å². The Kier molecular flexibility index (Phi) is 5.95. The molecule has 5 heteroatoms. The van der Waals surface area contributed by atoms with Gasteiger partial charge in [-0.25, -0.2) is 13.1 Å². The van der Waals surface area contributed by atoms with Gasteiger partial charge in [0, 0.05) is 6.04 Å². The summed E-state index contributed by atoms with van der Waals surface area (Å²) >= 11 is 0. The Morgan fingerprint density at radius 3 is 2.25 bits per heavy atom. The Hall–Kier alpha value is -0.910. The van der Waals surface area contributed by atoms with E-state index in [9.17, 15) is 8.42 Å². The summed E-state index contributed by atoms with van der Waals surface area (Å²) < 4.78 is 34.6. The van der Waals surface area contributed by atoms with E-state index in [2.05, 4.69) is 4.72 Å². The molecule has 2 aliphatic carbocycles. The van der Waals surface area contributed by atoms with Crippen molar-refractivity contribution in [3.05, 3.63) is 29.8 Å². The molecule has 0 spiro atoms. The van der Waals surface area contributed by atoms with Gasteiger partial charge in [0.05, 0.1) is 17.1 Å². The van der Waals surface area contributed by atoms with Crippen LogP contribution in [0.25, 0.3) is 0 Å². The molecular formula is C19H29NO3S. The Morgan fingerprint density at radius 1 is 0.917 bits per heavy atom. The first-order valence-corrected chi connectivity index (χ1v) is 10.8. The van der Waals surface area contributed by atoms with Crippen molar-refractivity contribution in [1.82, 2.24) is 4.72 Å². The van der Waals surface area contributed by atoms with Gasteiger partial charge in [-0.1, -0.05) is 49.8 Å². The summed E-state index contributed by atoms with van der Waals surface area (Å²) in [5, 5.41) is 0. The number of ether oxygens (including phenoxy) is 1. The van der Waals surface area contributed by atoms with Crippen molar-refractivity contribution in [2.45, 2.75) is 87.9 Å². The van der Waals surface area contributed by atoms with E-state index in [1.54, 1.807) is 12.1 Å². The van der Waals surface area contributed by atoms with Gasteiger partial charge in [-0.05, 0) is 44.7 Å². The molecule has 2 fully saturated rings. The highest BCUT2D eigenvalue weighted by Gasteiger charge is 2.32. The van der Waals surface area contributed by atoms with E-state index in [0.717, 1.165) is 44.1 Å². The van der Waals surface area contributed by atoms with Gasteiger partial charge in [-0.2, -0.15) is 0 Å². The maximum atomic E-state index is 12.7. The summed E-state index contributed by atoms with van der Waals surface area (Å²) in [6.45, 7) is 1.96. The van der Waals surface area contributed by atoms with Gasteiger partial charge in [0.15, 0.2) is 0 Å². The lowest BCUT2D eigenvalue weighted by Crippen LogP contribution is -2.47. The fourth-order valence-electron chi connectivity index (χ4n) is 3.83. The number of sulfonamides is 1. The normalized spacial score (nSPS) is 26.4. The Bertz CT molecular complexity index is 621. The molecule has 2 atom stereocenters. The molecule has 0 unspecified atom stereocenters. The molecule has 24 heavy (non-hydrogen) atoms. The number of hydrogen-bond acceptors (Lipinski definition) is 3. The molecule has 1 N–H and O–H groups in total. The van der Waals surface area contributed by atoms with Crippen molar-refractivity contribution in [3.63, 3.8) is 0 Å². The van der Waals surface area contributed by atoms with Crippen LogP contribution in [0.4, 0.5) is 0 Å². The van der Waals surface area contributed by atoms with E-state index in [0.29, 0.717) is 11.0 Å². The molecule has 0 saturated heterocycles. The number of rotatable bonds is 5. The Balaban J connectivity index is 1.67. The zero-order valence-electron chi connectivity index (χ0n) is 14.5. The lowest BCUT2D eigenvalue weighted by atomic mass is 9.92. The third kappa shape index (κ3) is 4.58. The van der Waals surface area contributed by atoms with Crippen molar-refractivity contribution in [2.24, 2.45) is 0 Å². The monoisotopic (exact) mass is 351 g/mol. The zero-order valence-corrected chi connectivity index (χ0v) is 15.4. The van der Waals surface area contributed by atoms with Crippen LogP contribution in [0.1, 0.15) is 63.4 Å². The van der Waals surface area contributed by atoms with E-state index < -0.39 is 10.0 Å². The van der Waals surface area contributed by atoms with Crippen molar-refractivity contribution in [1.29, 1.82) is 0 Å². The predicted octanol–water partition coefficient (Wildman–Crippen LogP) is 3.93. The Morgan fingerprint density at radius 2 is 1.54 bits per heavy atom. The van der Waals surface area contributed by atoms with Crippen LogP contribution in [0.5, 0.6) is 0 Å². The van der Waals surface area contributed by atoms with Crippen molar-refractivity contribution < 1.29 is 13.2 Å². The van der Waals surface area contributed by atoms with Crippen LogP contribution < -0.4 is 4.72 Å². The number of nitrogens with one attached hydrogen (secondary N) is 1. The van der Waals surface area contributed by atoms with Gasteiger partial charge in [-0.3, -0.25) is 0 Å². The van der Waals surface area contributed by atoms with Crippen LogP contribution >= 0.6 is 0 Å². The molecule has 0 amide bonds. The predicted molar refractivity (Wildman–Crippen MR) is 95.5 cm³/mol. The SMILES string of the molecule is Cc1ccc(S(=O)(=O)N[C@H]2CCCC[C@@H]2OC2CCCCC2)cc1. The van der Waals surface area contributed by atoms with Crippen molar-refractivity contribution in [3.8, 4) is 0 Å². The molecule has 3 rings (SSSR count). The average Bonchev–Trinajstić information content (AvgIpc) is 2.58. The summed E-state index contributed by atoms with van der Waals surface area (Å²) in [4.78, 5) is 0.343. The third-order valence-corrected chi connectivity index (χ3v) is 6.77. The van der Waals surface area contributed by atoms with E-state index in [1.807, 2.05) is 19.1 Å². The fraction of sp³-hybridized carbons (Fsp3) is 0.684. The molecule has 2 aliphatic rings. The van der Waals surface area contributed by atoms with Crippen LogP contribution in [0.2, 0.25) is 0 Å². The van der Waals surface area contributed by atoms with Crippen LogP contribution in [-0.4, -0.2) is 26.7 Å². The molecule has 2 saturated carbocycles. The second-order valence-corrected chi connectivity index (χ2v) is 8.97. The maximum absolute atomic E-state index is 12.7. The summed E-state index contributed by atoms with van der Waals surface area (Å²) in [7, 11) is -3.48. The van der Waals surface area contributed by atoms with Gasteiger partial charge >= 0.3 is 0 Å². The molecule has 0 heterocycles. The first-order chi connectivity index (χ1) is 11.5.